The Morgan fingerprint density at radius 2 is 1.81 bits per heavy atom. The molecule has 0 aliphatic rings. The molecule has 0 fully saturated rings. The average Bonchev–Trinajstić information content (AvgIpc) is 3.22. The number of carbonyl (C=O) groups excluding carboxylic acids is 1. The van der Waals surface area contributed by atoms with Crippen molar-refractivity contribution >= 4 is 24.5 Å². The number of thiol groups is 1. The molecule has 0 saturated heterocycles. The van der Waals surface area contributed by atoms with E-state index in [9.17, 15) is 14.7 Å². The minimum Gasteiger partial charge on any atom is -0.478 e. The maximum absolute atomic E-state index is 12.9. The number of amides is 1. The largest absolute Gasteiger partial charge is 0.478 e. The van der Waals surface area contributed by atoms with Gasteiger partial charge in [0.2, 0.25) is 5.91 Å². The maximum Gasteiger partial charge on any atom is 0.336 e. The van der Waals surface area contributed by atoms with Crippen LogP contribution in [0.15, 0.2) is 48.5 Å². The summed E-state index contributed by atoms with van der Waals surface area (Å²) >= 11 is 4.39. The predicted molar refractivity (Wildman–Crippen MR) is 149 cm³/mol. The van der Waals surface area contributed by atoms with Crippen molar-refractivity contribution in [3.8, 4) is 17.1 Å². The van der Waals surface area contributed by atoms with Crippen LogP contribution in [-0.2, 0) is 24.3 Å². The Labute approximate surface area is 224 Å². The summed E-state index contributed by atoms with van der Waals surface area (Å²) < 4.78 is 7.87. The summed E-state index contributed by atoms with van der Waals surface area (Å²) in [7, 11) is 0. The van der Waals surface area contributed by atoms with Crippen molar-refractivity contribution in [1.82, 2.24) is 14.9 Å². The van der Waals surface area contributed by atoms with Crippen molar-refractivity contribution in [3.05, 3.63) is 71.0 Å². The first kappa shape index (κ1) is 28.3. The minimum absolute atomic E-state index is 0.00193. The summed E-state index contributed by atoms with van der Waals surface area (Å²) in [5, 5.41) is 12.6. The van der Waals surface area contributed by atoms with Crippen LogP contribution in [0, 0.1) is 11.8 Å². The summed E-state index contributed by atoms with van der Waals surface area (Å²) in [6.07, 6.45) is 1.50. The van der Waals surface area contributed by atoms with E-state index >= 15 is 0 Å². The van der Waals surface area contributed by atoms with Gasteiger partial charge in [0.05, 0.1) is 36.6 Å². The molecule has 8 heteroatoms. The molecular weight excluding hydrogens is 486 g/mol. The number of hydrogen-bond donors (Lipinski definition) is 3. The Morgan fingerprint density at radius 3 is 2.41 bits per heavy atom. The number of carbonyl (C=O) groups is 2. The molecule has 3 aromatic rings. The minimum atomic E-state index is -0.952. The van der Waals surface area contributed by atoms with Crippen molar-refractivity contribution in [3.63, 3.8) is 0 Å². The SMILES string of the molecule is CCOc1nc(CC)c(CNC(=O)[C@@H](CS)CC(C)C)n1Cc1ccc(-c2ccccc2C(=O)O)cc1. The van der Waals surface area contributed by atoms with Crippen molar-refractivity contribution in [2.75, 3.05) is 12.4 Å². The molecule has 0 saturated carbocycles. The van der Waals surface area contributed by atoms with Crippen molar-refractivity contribution in [2.45, 2.75) is 53.6 Å². The van der Waals surface area contributed by atoms with Gasteiger partial charge in [0.15, 0.2) is 0 Å². The Hall–Kier alpha value is -3.26. The number of imidazole rings is 1. The molecule has 0 radical (unpaired) electrons. The van der Waals surface area contributed by atoms with E-state index in [1.54, 1.807) is 12.1 Å². The van der Waals surface area contributed by atoms with E-state index in [1.165, 1.54) is 0 Å². The number of ether oxygens (including phenoxy) is 1. The molecule has 7 nitrogen and oxygen atoms in total. The fourth-order valence-corrected chi connectivity index (χ4v) is 4.75. The Morgan fingerprint density at radius 1 is 1.11 bits per heavy atom. The molecule has 198 valence electrons. The van der Waals surface area contributed by atoms with Gasteiger partial charge < -0.3 is 15.2 Å². The first-order valence-corrected chi connectivity index (χ1v) is 13.4. The molecular formula is C29H37N3O4S. The standard InChI is InChI=1S/C29H37N3O4S/c1-5-25-26(16-30-27(33)22(18-37)15-19(3)4)32(29(31-25)36-6-2)17-20-11-13-21(14-12-20)23-9-7-8-10-24(23)28(34)35/h7-14,19,22,37H,5-6,15-18H2,1-4H3,(H,30,33)(H,34,35)/t22-/m1/s1. The number of carboxylic acids is 1. The zero-order valence-corrected chi connectivity index (χ0v) is 22.9. The lowest BCUT2D eigenvalue weighted by Gasteiger charge is -2.18. The van der Waals surface area contributed by atoms with Crippen molar-refractivity contribution in [1.29, 1.82) is 0 Å². The quantitative estimate of drug-likeness (QED) is 0.259. The Kier molecular flexibility index (Phi) is 10.2. The number of aryl methyl sites for hydroxylation is 1. The highest BCUT2D eigenvalue weighted by molar-refractivity contribution is 7.80. The van der Waals surface area contributed by atoms with Crippen LogP contribution in [0.25, 0.3) is 11.1 Å². The second-order valence-electron chi connectivity index (χ2n) is 9.43. The second-order valence-corrected chi connectivity index (χ2v) is 9.80. The highest BCUT2D eigenvalue weighted by atomic mass is 32.1. The topological polar surface area (TPSA) is 93.5 Å². The lowest BCUT2D eigenvalue weighted by Crippen LogP contribution is -2.33. The first-order chi connectivity index (χ1) is 17.8. The summed E-state index contributed by atoms with van der Waals surface area (Å²) in [6.45, 7) is 9.52. The van der Waals surface area contributed by atoms with E-state index in [0.717, 1.165) is 28.9 Å². The van der Waals surface area contributed by atoms with Gasteiger partial charge in [-0.15, -0.1) is 0 Å². The van der Waals surface area contributed by atoms with Gasteiger partial charge in [-0.1, -0.05) is 63.2 Å². The van der Waals surface area contributed by atoms with E-state index < -0.39 is 5.97 Å². The molecule has 1 aromatic heterocycles. The number of nitrogens with zero attached hydrogens (tertiary/aromatic N) is 2. The zero-order valence-electron chi connectivity index (χ0n) is 22.0. The summed E-state index contributed by atoms with van der Waals surface area (Å²) in [5.41, 5.74) is 4.60. The van der Waals surface area contributed by atoms with E-state index in [2.05, 4.69) is 31.8 Å². The molecule has 0 bridgehead atoms. The zero-order chi connectivity index (χ0) is 26.9. The van der Waals surface area contributed by atoms with Crippen molar-refractivity contribution in [2.24, 2.45) is 11.8 Å². The van der Waals surface area contributed by atoms with Crippen molar-refractivity contribution < 1.29 is 19.4 Å². The highest BCUT2D eigenvalue weighted by Crippen LogP contribution is 2.26. The lowest BCUT2D eigenvalue weighted by atomic mass is 9.98. The third kappa shape index (κ3) is 7.16. The van der Waals surface area contributed by atoms with Gasteiger partial charge in [-0.2, -0.15) is 17.6 Å². The van der Waals surface area contributed by atoms with E-state index in [0.29, 0.717) is 49.4 Å². The van der Waals surface area contributed by atoms with Gasteiger partial charge >= 0.3 is 5.97 Å². The third-order valence-electron chi connectivity index (χ3n) is 6.27. The molecule has 37 heavy (non-hydrogen) atoms. The maximum atomic E-state index is 12.9. The van der Waals surface area contributed by atoms with E-state index in [-0.39, 0.29) is 17.4 Å². The number of nitrogens with one attached hydrogen (secondary N) is 1. The molecule has 2 aromatic carbocycles. The first-order valence-electron chi connectivity index (χ1n) is 12.8. The fraction of sp³-hybridized carbons (Fsp3) is 0.414. The highest BCUT2D eigenvalue weighted by Gasteiger charge is 2.22. The molecule has 1 heterocycles. The Bertz CT molecular complexity index is 1200. The second kappa shape index (κ2) is 13.3. The summed E-state index contributed by atoms with van der Waals surface area (Å²) in [4.78, 5) is 29.2. The molecule has 0 aliphatic carbocycles. The number of aromatic nitrogens is 2. The molecule has 3 rings (SSSR count). The fourth-order valence-electron chi connectivity index (χ4n) is 4.44. The van der Waals surface area contributed by atoms with E-state index in [1.807, 2.05) is 54.8 Å². The molecule has 0 aliphatic heterocycles. The van der Waals surface area contributed by atoms with Gasteiger partial charge in [-0.25, -0.2) is 4.79 Å². The van der Waals surface area contributed by atoms with Crippen LogP contribution in [0.2, 0.25) is 0 Å². The lowest BCUT2D eigenvalue weighted by molar-refractivity contribution is -0.125. The number of carboxylic acid groups (broad SMARTS) is 1. The smallest absolute Gasteiger partial charge is 0.336 e. The predicted octanol–water partition coefficient (Wildman–Crippen LogP) is 5.47. The molecule has 1 amide bonds. The average molecular weight is 524 g/mol. The molecule has 1 atom stereocenters. The monoisotopic (exact) mass is 523 g/mol. The number of rotatable bonds is 13. The van der Waals surface area contributed by atoms with Gasteiger partial charge in [0.1, 0.15) is 0 Å². The van der Waals surface area contributed by atoms with Crippen LogP contribution in [0.5, 0.6) is 6.01 Å². The Balaban J connectivity index is 1.87. The summed E-state index contributed by atoms with van der Waals surface area (Å²) in [5.74, 6) is -0.178. The van der Waals surface area contributed by atoms with Crippen LogP contribution >= 0.6 is 12.6 Å². The van der Waals surface area contributed by atoms with Gasteiger partial charge in [0.25, 0.3) is 6.01 Å². The number of aromatic carboxylic acids is 1. The van der Waals surface area contributed by atoms with Gasteiger partial charge in [-0.3, -0.25) is 9.36 Å². The summed E-state index contributed by atoms with van der Waals surface area (Å²) in [6, 6.07) is 15.3. The van der Waals surface area contributed by atoms with Crippen LogP contribution in [0.1, 0.15) is 61.4 Å². The van der Waals surface area contributed by atoms with Gasteiger partial charge in [-0.05, 0) is 48.4 Å². The molecule has 0 spiro atoms. The van der Waals surface area contributed by atoms with Crippen LogP contribution in [0.4, 0.5) is 0 Å². The number of hydrogen-bond acceptors (Lipinski definition) is 5. The number of benzene rings is 2. The third-order valence-corrected chi connectivity index (χ3v) is 6.71. The van der Waals surface area contributed by atoms with Gasteiger partial charge in [0, 0.05) is 11.7 Å². The van der Waals surface area contributed by atoms with E-state index in [4.69, 9.17) is 9.72 Å². The molecule has 0 unspecified atom stereocenters. The van der Waals surface area contributed by atoms with Crippen LogP contribution < -0.4 is 10.1 Å². The van der Waals surface area contributed by atoms with Crippen LogP contribution in [0.3, 0.4) is 0 Å². The normalized spacial score (nSPS) is 11.9. The van der Waals surface area contributed by atoms with Crippen LogP contribution in [-0.4, -0.2) is 38.9 Å². The molecule has 2 N–H and O–H groups in total.